The molecule has 7 aromatic rings. The molecule has 0 unspecified atom stereocenters. The maximum Gasteiger partial charge on any atom is 0.216 e. The van der Waals surface area contributed by atoms with E-state index >= 15 is 0 Å². The van der Waals surface area contributed by atoms with Crippen LogP contribution in [-0.4, -0.2) is 15.0 Å². The Kier molecular flexibility index (Phi) is 10.6. The molecule has 4 nitrogen and oxygen atoms in total. The van der Waals surface area contributed by atoms with Crippen LogP contribution in [-0.2, 0) is 32.9 Å². The number of hydrogen-bond acceptors (Lipinski definition) is 4. The number of aromatic nitrogens is 3. The van der Waals surface area contributed by atoms with Gasteiger partial charge in [-0.3, -0.25) is 0 Å². The third-order valence-corrected chi connectivity index (χ3v) is 8.19. The van der Waals surface area contributed by atoms with E-state index in [9.17, 15) is 0 Å². The van der Waals surface area contributed by atoms with Crippen molar-refractivity contribution >= 4 is 22.1 Å². The van der Waals surface area contributed by atoms with Crippen molar-refractivity contribution in [3.8, 4) is 22.5 Å². The van der Waals surface area contributed by atoms with Gasteiger partial charge in [0.1, 0.15) is 0 Å². The molecule has 7 rings (SSSR count). The number of furan rings is 1. The van der Waals surface area contributed by atoms with E-state index in [1.54, 1.807) is 0 Å². The van der Waals surface area contributed by atoms with Gasteiger partial charge in [0.15, 0.2) is 0 Å². The van der Waals surface area contributed by atoms with Gasteiger partial charge in [0.25, 0.3) is 0 Å². The van der Waals surface area contributed by atoms with Crippen molar-refractivity contribution in [2.24, 2.45) is 0 Å². The van der Waals surface area contributed by atoms with Crippen molar-refractivity contribution < 1.29 is 24.5 Å². The van der Waals surface area contributed by atoms with Gasteiger partial charge in [0.2, 0.25) is 5.71 Å². The molecular formula is C41H37IrN3O-2. The van der Waals surface area contributed by atoms with E-state index in [0.717, 1.165) is 57.4 Å². The first-order valence-electron chi connectivity index (χ1n) is 15.5. The van der Waals surface area contributed by atoms with Crippen LogP contribution in [0.2, 0.25) is 0 Å². The maximum absolute atomic E-state index is 6.25. The number of rotatable bonds is 6. The van der Waals surface area contributed by atoms with Gasteiger partial charge < -0.3 is 14.4 Å². The molecule has 1 radical (unpaired) electrons. The van der Waals surface area contributed by atoms with Gasteiger partial charge in [-0.15, -0.1) is 53.6 Å². The summed E-state index contributed by atoms with van der Waals surface area (Å²) >= 11 is 0. The zero-order chi connectivity index (χ0) is 31.3. The molecule has 0 spiro atoms. The molecule has 233 valence electrons. The average molecular weight is 780 g/mol. The molecule has 0 atom stereocenters. The number of benzene rings is 3. The molecule has 0 aliphatic rings. The Balaban J connectivity index is 0.000000220. The quantitative estimate of drug-likeness (QED) is 0.158. The minimum absolute atomic E-state index is 0. The predicted octanol–water partition coefficient (Wildman–Crippen LogP) is 10.2. The SMILES string of the molecule is CC(C)c1ccnc(-c2[c-]ccc3c2oc2nc(CCc4ccccc4)ccc23)c1.Cc1c[c-]c(-c2cc(C)c(C)cn2)cc1.[Ir]. The first kappa shape index (κ1) is 32.9. The third-order valence-electron chi connectivity index (χ3n) is 8.19. The molecule has 0 amide bonds. The molecule has 4 heterocycles. The Hall–Kier alpha value is -4.44. The summed E-state index contributed by atoms with van der Waals surface area (Å²) in [4.78, 5) is 13.8. The van der Waals surface area contributed by atoms with Crippen molar-refractivity contribution in [2.75, 3.05) is 0 Å². The number of aryl methyl sites for hydroxylation is 5. The Labute approximate surface area is 285 Å². The molecule has 0 aliphatic heterocycles. The smallest absolute Gasteiger partial charge is 0.216 e. The Bertz CT molecular complexity index is 2060. The van der Waals surface area contributed by atoms with Crippen LogP contribution < -0.4 is 0 Å². The van der Waals surface area contributed by atoms with Crippen LogP contribution in [0.4, 0.5) is 0 Å². The maximum atomic E-state index is 6.25. The number of hydrogen-bond donors (Lipinski definition) is 0. The van der Waals surface area contributed by atoms with Gasteiger partial charge in [0.05, 0.1) is 5.58 Å². The minimum atomic E-state index is 0. The van der Waals surface area contributed by atoms with Crippen LogP contribution in [0.5, 0.6) is 0 Å². The van der Waals surface area contributed by atoms with Crippen LogP contribution >= 0.6 is 0 Å². The average Bonchev–Trinajstić information content (AvgIpc) is 3.44. The third kappa shape index (κ3) is 7.50. The van der Waals surface area contributed by atoms with E-state index in [-0.39, 0.29) is 20.1 Å². The Morgan fingerprint density at radius 3 is 2.33 bits per heavy atom. The summed E-state index contributed by atoms with van der Waals surface area (Å²) in [6, 6.07) is 37.7. The number of fused-ring (bicyclic) bond motifs is 3. The van der Waals surface area contributed by atoms with E-state index in [0.29, 0.717) is 11.6 Å². The fraction of sp³-hybridized carbons (Fsp3) is 0.195. The van der Waals surface area contributed by atoms with Crippen LogP contribution in [0.25, 0.3) is 44.6 Å². The standard InChI is InChI=1S/C27H23N2O.C14H14N.Ir/c1-18(2)20-15-16-28-25(17-20)24-10-6-9-22-23-14-13-21(29-27(23)30-26(22)24)12-11-19-7-4-3-5-8-19;1-10-4-6-13(7-5-10)14-8-11(2)12(3)9-15-14;/h3-9,13-18H,11-12H2,1-2H3;4-6,8-9H,1-3H3;/q2*-1;. The largest absolute Gasteiger partial charge is 0.486 e. The van der Waals surface area contributed by atoms with E-state index < -0.39 is 0 Å². The topological polar surface area (TPSA) is 51.8 Å². The van der Waals surface area contributed by atoms with Gasteiger partial charge >= 0.3 is 0 Å². The zero-order valence-electron chi connectivity index (χ0n) is 26.9. The van der Waals surface area contributed by atoms with Crippen LogP contribution in [0, 0.1) is 32.9 Å². The summed E-state index contributed by atoms with van der Waals surface area (Å²) < 4.78 is 6.25. The van der Waals surface area contributed by atoms with Crippen molar-refractivity contribution in [1.82, 2.24) is 15.0 Å². The van der Waals surface area contributed by atoms with Gasteiger partial charge in [-0.05, 0) is 73.3 Å². The molecule has 3 aromatic carbocycles. The monoisotopic (exact) mass is 780 g/mol. The van der Waals surface area contributed by atoms with Crippen molar-refractivity contribution in [3.63, 3.8) is 0 Å². The van der Waals surface area contributed by atoms with Gasteiger partial charge in [0, 0.05) is 43.6 Å². The van der Waals surface area contributed by atoms with Crippen molar-refractivity contribution in [3.05, 3.63) is 149 Å². The number of nitrogens with zero attached hydrogens (tertiary/aromatic N) is 3. The molecular weight excluding hydrogens is 743 g/mol. The van der Waals surface area contributed by atoms with E-state index in [1.807, 2.05) is 36.7 Å². The summed E-state index contributed by atoms with van der Waals surface area (Å²) in [5.74, 6) is 0.440. The molecule has 0 fully saturated rings. The second-order valence-corrected chi connectivity index (χ2v) is 11.9. The number of pyridine rings is 3. The van der Waals surface area contributed by atoms with Gasteiger partial charge in [-0.2, -0.15) is 0 Å². The fourth-order valence-corrected chi connectivity index (χ4v) is 5.28. The summed E-state index contributed by atoms with van der Waals surface area (Å²) in [6.07, 6.45) is 5.62. The molecule has 46 heavy (non-hydrogen) atoms. The van der Waals surface area contributed by atoms with Gasteiger partial charge in [-0.1, -0.05) is 85.3 Å². The van der Waals surface area contributed by atoms with Crippen LogP contribution in [0.1, 0.15) is 53.3 Å². The molecule has 5 heteroatoms. The molecule has 0 saturated carbocycles. The second kappa shape index (κ2) is 14.8. The summed E-state index contributed by atoms with van der Waals surface area (Å²) in [5, 5.41) is 2.08. The Morgan fingerprint density at radius 1 is 0.761 bits per heavy atom. The zero-order valence-corrected chi connectivity index (χ0v) is 29.3. The second-order valence-electron chi connectivity index (χ2n) is 11.9. The molecule has 0 N–H and O–H groups in total. The van der Waals surface area contributed by atoms with Crippen LogP contribution in [0.3, 0.4) is 0 Å². The first-order valence-corrected chi connectivity index (χ1v) is 15.5. The molecule has 0 bridgehead atoms. The summed E-state index contributed by atoms with van der Waals surface area (Å²) in [6.45, 7) is 10.6. The van der Waals surface area contributed by atoms with E-state index in [1.165, 1.54) is 27.8 Å². The first-order chi connectivity index (χ1) is 21.9. The minimum Gasteiger partial charge on any atom is -0.486 e. The van der Waals surface area contributed by atoms with Crippen molar-refractivity contribution in [1.29, 1.82) is 0 Å². The molecule has 0 aliphatic carbocycles. The van der Waals surface area contributed by atoms with E-state index in [4.69, 9.17) is 9.40 Å². The Morgan fingerprint density at radius 2 is 1.59 bits per heavy atom. The van der Waals surface area contributed by atoms with E-state index in [2.05, 4.69) is 123 Å². The summed E-state index contributed by atoms with van der Waals surface area (Å²) in [7, 11) is 0. The summed E-state index contributed by atoms with van der Waals surface area (Å²) in [5.41, 5.74) is 12.6. The fourth-order valence-electron chi connectivity index (χ4n) is 5.28. The van der Waals surface area contributed by atoms with Crippen molar-refractivity contribution in [2.45, 2.75) is 53.4 Å². The molecule has 4 aromatic heterocycles. The van der Waals surface area contributed by atoms with Crippen LogP contribution in [0.15, 0.2) is 108 Å². The molecule has 0 saturated heterocycles. The van der Waals surface area contributed by atoms with Gasteiger partial charge in [-0.25, -0.2) is 4.98 Å². The normalized spacial score (nSPS) is 10.9. The predicted molar refractivity (Wildman–Crippen MR) is 184 cm³/mol.